The van der Waals surface area contributed by atoms with Crippen molar-refractivity contribution in [2.75, 3.05) is 11.5 Å². The summed E-state index contributed by atoms with van der Waals surface area (Å²) in [7, 11) is 0. The molecule has 0 fully saturated rings. The Morgan fingerprint density at radius 3 is 2.06 bits per heavy atom. The van der Waals surface area contributed by atoms with E-state index in [1.165, 1.54) is 40.9 Å². The number of nitrogens with one attached hydrogen (secondary N) is 1. The molecule has 0 bridgehead atoms. The number of halogens is 1. The number of para-hydroxylation sites is 2. The van der Waals surface area contributed by atoms with Crippen molar-refractivity contribution in [1.29, 1.82) is 0 Å². The van der Waals surface area contributed by atoms with Crippen LogP contribution in [-0.2, 0) is 19.1 Å². The maximum atomic E-state index is 13.2. The van der Waals surface area contributed by atoms with E-state index in [4.69, 9.17) is 22.1 Å². The van der Waals surface area contributed by atoms with Gasteiger partial charge in [0.05, 0.1) is 17.8 Å². The van der Waals surface area contributed by atoms with E-state index in [0.717, 1.165) is 9.79 Å². The maximum Gasteiger partial charge on any atom is 0.329 e. The first-order valence-corrected chi connectivity index (χ1v) is 11.7. The predicted octanol–water partition coefficient (Wildman–Crippen LogP) is 3.69. The van der Waals surface area contributed by atoms with Crippen LogP contribution < -0.4 is 16.0 Å². The topological polar surface area (TPSA) is 119 Å². The van der Waals surface area contributed by atoms with Crippen LogP contribution in [0.15, 0.2) is 82.6 Å². The van der Waals surface area contributed by atoms with E-state index >= 15 is 0 Å². The van der Waals surface area contributed by atoms with Crippen LogP contribution in [0.4, 0.5) is 11.4 Å². The van der Waals surface area contributed by atoms with Crippen molar-refractivity contribution in [3.8, 4) is 0 Å². The van der Waals surface area contributed by atoms with Gasteiger partial charge in [0.15, 0.2) is 6.61 Å². The number of amides is 3. The summed E-state index contributed by atoms with van der Waals surface area (Å²) >= 11 is 7.37. The molecule has 0 spiro atoms. The lowest BCUT2D eigenvalue weighted by molar-refractivity contribution is -0.150. The van der Waals surface area contributed by atoms with Crippen LogP contribution in [0.3, 0.4) is 0 Å². The first-order valence-electron chi connectivity index (χ1n) is 10.5. The molecule has 1 atom stereocenters. The third kappa shape index (κ3) is 5.64. The fourth-order valence-corrected chi connectivity index (χ4v) is 4.69. The predicted molar refractivity (Wildman–Crippen MR) is 132 cm³/mol. The van der Waals surface area contributed by atoms with Gasteiger partial charge in [-0.15, -0.1) is 0 Å². The number of primary amides is 1. The van der Waals surface area contributed by atoms with Gasteiger partial charge in [0.1, 0.15) is 6.04 Å². The molecule has 8 nitrogen and oxygen atoms in total. The molecule has 178 valence electrons. The summed E-state index contributed by atoms with van der Waals surface area (Å²) in [6.07, 6.45) is -0.488. The second-order valence-corrected chi connectivity index (χ2v) is 9.10. The molecule has 0 radical (unpaired) electrons. The Morgan fingerprint density at radius 1 is 0.914 bits per heavy atom. The minimum absolute atomic E-state index is 0.228. The number of carbonyl (C=O) groups is 4. The fraction of sp³-hybridized carbons (Fsp3) is 0.120. The van der Waals surface area contributed by atoms with Crippen LogP contribution in [0.2, 0.25) is 5.02 Å². The van der Waals surface area contributed by atoms with Gasteiger partial charge in [-0.3, -0.25) is 19.3 Å². The van der Waals surface area contributed by atoms with Gasteiger partial charge in [-0.25, -0.2) is 4.79 Å². The molecule has 3 aromatic carbocycles. The largest absolute Gasteiger partial charge is 0.454 e. The molecule has 3 aromatic rings. The van der Waals surface area contributed by atoms with E-state index in [-0.39, 0.29) is 5.56 Å². The second kappa shape index (κ2) is 10.6. The van der Waals surface area contributed by atoms with Crippen molar-refractivity contribution in [3.05, 3.63) is 83.4 Å². The van der Waals surface area contributed by atoms with Crippen molar-refractivity contribution in [1.82, 2.24) is 5.32 Å². The monoisotopic (exact) mass is 509 g/mol. The van der Waals surface area contributed by atoms with Gasteiger partial charge in [0.2, 0.25) is 5.91 Å². The van der Waals surface area contributed by atoms with Crippen LogP contribution in [-0.4, -0.2) is 36.3 Å². The number of carbonyl (C=O) groups excluding carboxylic acids is 4. The molecule has 4 rings (SSSR count). The standard InChI is InChI=1S/C25H20ClN3O5S/c26-16-11-9-15(10-12-16)24(32)28-17(13-22(27)30)25(33)34-14-23(31)29-18-5-1-3-7-20(18)35-21-8-4-2-6-19(21)29/h1-12,17H,13-14H2,(H2,27,30)(H,28,32)/t17-/m0/s1. The molecular formula is C25H20ClN3O5S. The summed E-state index contributed by atoms with van der Waals surface area (Å²) < 4.78 is 5.23. The number of rotatable bonds is 7. The minimum atomic E-state index is -1.36. The van der Waals surface area contributed by atoms with Gasteiger partial charge >= 0.3 is 5.97 Å². The molecule has 0 unspecified atom stereocenters. The Labute approximate surface area is 210 Å². The average Bonchev–Trinajstić information content (AvgIpc) is 2.85. The van der Waals surface area contributed by atoms with E-state index in [9.17, 15) is 19.2 Å². The van der Waals surface area contributed by atoms with Crippen LogP contribution in [0, 0.1) is 0 Å². The van der Waals surface area contributed by atoms with Gasteiger partial charge in [0, 0.05) is 20.4 Å². The number of nitrogens with zero attached hydrogens (tertiary/aromatic N) is 1. The molecule has 0 aliphatic carbocycles. The van der Waals surface area contributed by atoms with E-state index in [1.54, 1.807) is 12.1 Å². The number of anilines is 2. The van der Waals surface area contributed by atoms with Gasteiger partial charge in [-0.2, -0.15) is 0 Å². The Morgan fingerprint density at radius 2 is 1.49 bits per heavy atom. The van der Waals surface area contributed by atoms with Gasteiger partial charge < -0.3 is 15.8 Å². The zero-order valence-electron chi connectivity index (χ0n) is 18.3. The molecule has 1 aliphatic heterocycles. The van der Waals surface area contributed by atoms with Crippen molar-refractivity contribution in [2.24, 2.45) is 5.73 Å². The SMILES string of the molecule is NC(=O)C[C@H](NC(=O)c1ccc(Cl)cc1)C(=O)OCC(=O)N1c2ccccc2Sc2ccccc21. The first kappa shape index (κ1) is 24.3. The minimum Gasteiger partial charge on any atom is -0.454 e. The number of benzene rings is 3. The van der Waals surface area contributed by atoms with Crippen molar-refractivity contribution in [2.45, 2.75) is 22.3 Å². The molecule has 3 amide bonds. The van der Waals surface area contributed by atoms with Crippen LogP contribution in [0.1, 0.15) is 16.8 Å². The third-order valence-corrected chi connectivity index (χ3v) is 6.50. The van der Waals surface area contributed by atoms with Crippen LogP contribution in [0.5, 0.6) is 0 Å². The summed E-state index contributed by atoms with van der Waals surface area (Å²) in [6.45, 7) is -0.599. The highest BCUT2D eigenvalue weighted by Gasteiger charge is 2.30. The van der Waals surface area contributed by atoms with Gasteiger partial charge in [-0.05, 0) is 48.5 Å². The smallest absolute Gasteiger partial charge is 0.329 e. The molecule has 1 aliphatic rings. The molecule has 0 saturated carbocycles. The van der Waals surface area contributed by atoms with Crippen molar-refractivity contribution in [3.63, 3.8) is 0 Å². The van der Waals surface area contributed by atoms with Crippen molar-refractivity contribution >= 4 is 58.4 Å². The summed E-state index contributed by atoms with van der Waals surface area (Å²) in [5.74, 6) is -2.87. The lowest BCUT2D eigenvalue weighted by Crippen LogP contribution is -2.45. The highest BCUT2D eigenvalue weighted by atomic mass is 35.5. The maximum absolute atomic E-state index is 13.2. The second-order valence-electron chi connectivity index (χ2n) is 7.58. The Bertz CT molecular complexity index is 1250. The van der Waals surface area contributed by atoms with Crippen molar-refractivity contribution < 1.29 is 23.9 Å². The number of esters is 1. The summed E-state index contributed by atoms with van der Waals surface area (Å²) in [5.41, 5.74) is 6.82. The molecular weight excluding hydrogens is 490 g/mol. The van der Waals surface area contributed by atoms with Crippen LogP contribution >= 0.6 is 23.4 Å². The molecule has 3 N–H and O–H groups in total. The number of ether oxygens (including phenoxy) is 1. The summed E-state index contributed by atoms with van der Waals surface area (Å²) in [6, 6.07) is 19.4. The van der Waals surface area contributed by atoms with E-state index in [0.29, 0.717) is 16.4 Å². The number of hydrogen-bond acceptors (Lipinski definition) is 6. The average molecular weight is 510 g/mol. The van der Waals surface area contributed by atoms with Gasteiger partial charge in [0.25, 0.3) is 11.8 Å². The van der Waals surface area contributed by atoms with Crippen LogP contribution in [0.25, 0.3) is 0 Å². The highest BCUT2D eigenvalue weighted by molar-refractivity contribution is 7.99. The zero-order chi connectivity index (χ0) is 24.9. The molecule has 1 heterocycles. The lowest BCUT2D eigenvalue weighted by atomic mass is 10.1. The Kier molecular flexibility index (Phi) is 7.38. The quantitative estimate of drug-likeness (QED) is 0.469. The molecule has 10 heteroatoms. The Balaban J connectivity index is 1.48. The third-order valence-electron chi connectivity index (χ3n) is 5.12. The number of nitrogens with two attached hydrogens (primary N) is 1. The number of fused-ring (bicyclic) bond motifs is 2. The van der Waals surface area contributed by atoms with Gasteiger partial charge in [-0.1, -0.05) is 47.6 Å². The highest BCUT2D eigenvalue weighted by Crippen LogP contribution is 2.47. The summed E-state index contributed by atoms with van der Waals surface area (Å²) in [5, 5.41) is 2.87. The molecule has 0 aromatic heterocycles. The fourth-order valence-electron chi connectivity index (χ4n) is 3.51. The first-order chi connectivity index (χ1) is 16.8. The van der Waals surface area contributed by atoms with E-state index < -0.39 is 42.8 Å². The molecule has 35 heavy (non-hydrogen) atoms. The number of hydrogen-bond donors (Lipinski definition) is 2. The normalized spacial score (nSPS) is 12.7. The summed E-state index contributed by atoms with van der Waals surface area (Å²) in [4.78, 5) is 53.2. The lowest BCUT2D eigenvalue weighted by Gasteiger charge is -2.31. The van der Waals surface area contributed by atoms with E-state index in [1.807, 2.05) is 36.4 Å². The van der Waals surface area contributed by atoms with E-state index in [2.05, 4.69) is 5.32 Å². The molecule has 0 saturated heterocycles. The Hall–Kier alpha value is -3.82. The zero-order valence-corrected chi connectivity index (χ0v) is 19.8.